The second-order valence-electron chi connectivity index (χ2n) is 14.6. The summed E-state index contributed by atoms with van der Waals surface area (Å²) in [7, 11) is 5.50. The number of ether oxygens (including phenoxy) is 5. The highest BCUT2D eigenvalue weighted by Gasteiger charge is 2.46. The maximum Gasteiger partial charge on any atom is 0.416 e. The lowest BCUT2D eigenvalue weighted by molar-refractivity contribution is -0.385. The zero-order valence-electron chi connectivity index (χ0n) is 33.5. The van der Waals surface area contributed by atoms with E-state index in [0.717, 1.165) is 16.0 Å². The number of aromatic nitrogens is 1. The number of carbonyl (C=O) groups excluding carboxylic acids is 4. The molecule has 0 saturated carbocycles. The number of hydrogen-bond acceptors (Lipinski definition) is 15. The third-order valence-corrected chi connectivity index (χ3v) is 12.7. The fraction of sp³-hybridized carbons (Fsp3) is 0.390. The molecule has 3 aromatic rings. The molecule has 2 fully saturated rings. The van der Waals surface area contributed by atoms with Gasteiger partial charge in [-0.15, -0.1) is 0 Å². The van der Waals surface area contributed by atoms with E-state index in [9.17, 15) is 34.4 Å². The summed E-state index contributed by atoms with van der Waals surface area (Å²) in [6.07, 6.45) is 1.43. The molecule has 7 rings (SSSR count). The summed E-state index contributed by atoms with van der Waals surface area (Å²) in [6.45, 7) is 8.98. The molecule has 18 nitrogen and oxygen atoms in total. The molecule has 61 heavy (non-hydrogen) atoms. The van der Waals surface area contributed by atoms with Crippen molar-refractivity contribution in [3.8, 4) is 23.0 Å². The monoisotopic (exact) mass is 876 g/mol. The van der Waals surface area contributed by atoms with Crippen LogP contribution in [-0.2, 0) is 9.53 Å². The zero-order valence-corrected chi connectivity index (χ0v) is 35.1. The first-order chi connectivity index (χ1) is 29.4. The molecular formula is C41H44N6O12S2. The first-order valence-corrected chi connectivity index (χ1v) is 21.7. The number of pyridine rings is 1. The van der Waals surface area contributed by atoms with Crippen LogP contribution in [0.3, 0.4) is 0 Å². The van der Waals surface area contributed by atoms with E-state index >= 15 is 0 Å². The molecule has 0 radical (unpaired) electrons. The molecule has 0 aliphatic carbocycles. The summed E-state index contributed by atoms with van der Waals surface area (Å²) in [6, 6.07) is 7.68. The number of nitrogens with one attached hydrogen (secondary N) is 1. The number of hydrogen-bond donors (Lipinski definition) is 2. The van der Waals surface area contributed by atoms with Crippen LogP contribution in [0, 0.1) is 10.1 Å². The van der Waals surface area contributed by atoms with Crippen molar-refractivity contribution >= 4 is 62.5 Å². The third-order valence-electron chi connectivity index (χ3n) is 10.5. The van der Waals surface area contributed by atoms with Gasteiger partial charge in [0.15, 0.2) is 29.2 Å². The average molecular weight is 877 g/mol. The molecule has 5 heterocycles. The molecule has 4 aliphatic heterocycles. The predicted octanol–water partition coefficient (Wildman–Crippen LogP) is 5.84. The lowest BCUT2D eigenvalue weighted by Crippen LogP contribution is -2.51. The van der Waals surface area contributed by atoms with E-state index in [2.05, 4.69) is 23.5 Å². The topological polar surface area (TPSA) is 212 Å². The maximum atomic E-state index is 13.9. The van der Waals surface area contributed by atoms with E-state index < -0.39 is 35.2 Å². The Morgan fingerprint density at radius 3 is 2.23 bits per heavy atom. The number of carbonyl (C=O) groups is 4. The quantitative estimate of drug-likeness (QED) is 0.0569. The molecule has 3 atom stereocenters. The Hall–Kier alpha value is -5.99. The standard InChI is InChI=1S/C41H44N6O12S2/c1-23-14-30-37(48)43-28-18-34(32(55-3)16-26(28)38(49)44(30)21-23)57-10-6-5-7-11-58-35-19-29-27(17-33(35)56-4)39(50)45-22-24(2)15-31(45)40(51)46(29)41(52)59-12-13-60-61-36-9-8-25(20-42-36)47(53)54/h8-9,16-20,30-31,40,51H,1-2,5-7,10-15,21-22H2,3-4H3,(H,43,48)/t30-,31-,40-/m0/s1. The molecular weight excluding hydrogens is 833 g/mol. The van der Waals surface area contributed by atoms with Gasteiger partial charge in [0.05, 0.1) is 60.9 Å². The van der Waals surface area contributed by atoms with Crippen LogP contribution in [0.2, 0.25) is 0 Å². The number of amides is 4. The SMILES string of the molecule is C=C1C[C@H]2C(=O)Nc3cc(OCCCCCOc4cc5c(cc4OC)C(=O)N4CC(=C)C[C@H]4[C@H](O)N5C(=O)OCCSSc4ccc([N+](=O)[O-])cn4)c(OC)cc3C(=O)N2C1. The average Bonchev–Trinajstić information content (AvgIpc) is 3.81. The van der Waals surface area contributed by atoms with Crippen molar-refractivity contribution < 1.29 is 52.9 Å². The third kappa shape index (κ3) is 9.20. The van der Waals surface area contributed by atoms with E-state index in [0.29, 0.717) is 72.4 Å². The van der Waals surface area contributed by atoms with Crippen LogP contribution in [0.15, 0.2) is 71.9 Å². The molecule has 2 N–H and O–H groups in total. The number of aliphatic hydroxyl groups is 1. The largest absolute Gasteiger partial charge is 0.493 e. The van der Waals surface area contributed by atoms with Gasteiger partial charge >= 0.3 is 6.09 Å². The predicted molar refractivity (Wildman–Crippen MR) is 226 cm³/mol. The number of methoxy groups -OCH3 is 2. The normalized spacial score (nSPS) is 19.3. The van der Waals surface area contributed by atoms with Gasteiger partial charge in [-0.2, -0.15) is 0 Å². The lowest BCUT2D eigenvalue weighted by Gasteiger charge is -2.31. The van der Waals surface area contributed by atoms with Crippen molar-refractivity contribution in [2.45, 2.75) is 55.4 Å². The van der Waals surface area contributed by atoms with E-state index in [1.165, 1.54) is 76.1 Å². The molecule has 4 amide bonds. The van der Waals surface area contributed by atoms with E-state index in [4.69, 9.17) is 23.7 Å². The number of benzene rings is 2. The van der Waals surface area contributed by atoms with Gasteiger partial charge in [0.1, 0.15) is 23.9 Å². The summed E-state index contributed by atoms with van der Waals surface area (Å²) >= 11 is 0. The Morgan fingerprint density at radius 1 is 0.902 bits per heavy atom. The summed E-state index contributed by atoms with van der Waals surface area (Å²) in [4.78, 5) is 72.4. The van der Waals surface area contributed by atoms with Gasteiger partial charge in [-0.05, 0) is 61.1 Å². The molecule has 20 heteroatoms. The molecule has 322 valence electrons. The Bertz CT molecular complexity index is 2260. The summed E-state index contributed by atoms with van der Waals surface area (Å²) in [5.41, 5.74) is 2.32. The number of nitro groups is 1. The number of anilines is 2. The Balaban J connectivity index is 0.965. The van der Waals surface area contributed by atoms with Gasteiger partial charge in [0.25, 0.3) is 17.5 Å². The molecule has 4 aliphatic rings. The van der Waals surface area contributed by atoms with Crippen molar-refractivity contribution in [2.75, 3.05) is 63.1 Å². The van der Waals surface area contributed by atoms with Crippen LogP contribution in [0.1, 0.15) is 52.8 Å². The summed E-state index contributed by atoms with van der Waals surface area (Å²) in [5, 5.41) is 26.0. The molecule has 0 bridgehead atoms. The van der Waals surface area contributed by atoms with Gasteiger partial charge < -0.3 is 43.9 Å². The Kier molecular flexibility index (Phi) is 13.2. The molecule has 0 spiro atoms. The summed E-state index contributed by atoms with van der Waals surface area (Å²) < 4.78 is 28.9. The number of aliphatic hydroxyl groups excluding tert-OH is 1. The van der Waals surface area contributed by atoms with Crippen molar-refractivity contribution in [1.82, 2.24) is 14.8 Å². The fourth-order valence-electron chi connectivity index (χ4n) is 7.52. The number of unbranched alkanes of at least 4 members (excludes halogenated alkanes) is 2. The molecule has 2 aromatic carbocycles. The van der Waals surface area contributed by atoms with Crippen LogP contribution in [0.4, 0.5) is 21.9 Å². The minimum atomic E-state index is -1.46. The van der Waals surface area contributed by atoms with Gasteiger partial charge in [-0.1, -0.05) is 35.1 Å². The van der Waals surface area contributed by atoms with Gasteiger partial charge in [0.2, 0.25) is 5.91 Å². The molecule has 2 saturated heterocycles. The van der Waals surface area contributed by atoms with E-state index in [-0.39, 0.29) is 66.4 Å². The van der Waals surface area contributed by atoms with Gasteiger partial charge in [-0.25, -0.2) is 14.7 Å². The molecule has 0 unspecified atom stereocenters. The fourth-order valence-corrected chi connectivity index (χ4v) is 9.21. The van der Waals surface area contributed by atoms with Crippen LogP contribution in [0.25, 0.3) is 0 Å². The second kappa shape index (κ2) is 18.7. The maximum absolute atomic E-state index is 13.9. The minimum absolute atomic E-state index is 0.0499. The van der Waals surface area contributed by atoms with Crippen LogP contribution in [0.5, 0.6) is 23.0 Å². The smallest absolute Gasteiger partial charge is 0.416 e. The van der Waals surface area contributed by atoms with Crippen LogP contribution < -0.4 is 29.2 Å². The summed E-state index contributed by atoms with van der Waals surface area (Å²) in [5.74, 6) is 0.609. The van der Waals surface area contributed by atoms with Crippen LogP contribution >= 0.6 is 21.6 Å². The number of rotatable bonds is 16. The molecule has 1 aromatic heterocycles. The Morgan fingerprint density at radius 2 is 1.56 bits per heavy atom. The van der Waals surface area contributed by atoms with Gasteiger partial charge in [0, 0.05) is 37.0 Å². The van der Waals surface area contributed by atoms with E-state index in [1.807, 2.05) is 0 Å². The highest BCUT2D eigenvalue weighted by atomic mass is 33.1. The first kappa shape index (κ1) is 43.1. The van der Waals surface area contributed by atoms with Crippen LogP contribution in [-0.4, -0.2) is 120 Å². The van der Waals surface area contributed by atoms with Crippen molar-refractivity contribution in [3.63, 3.8) is 0 Å². The first-order valence-electron chi connectivity index (χ1n) is 19.4. The highest BCUT2D eigenvalue weighted by Crippen LogP contribution is 2.43. The van der Waals surface area contributed by atoms with Crippen molar-refractivity contribution in [2.24, 2.45) is 0 Å². The zero-order chi connectivity index (χ0) is 43.4. The minimum Gasteiger partial charge on any atom is -0.493 e. The lowest BCUT2D eigenvalue weighted by atomic mass is 10.1. The highest BCUT2D eigenvalue weighted by molar-refractivity contribution is 8.76. The van der Waals surface area contributed by atoms with Gasteiger partial charge in [-0.3, -0.25) is 24.5 Å². The Labute approximate surface area is 358 Å². The number of nitrogens with zero attached hydrogens (tertiary/aromatic N) is 5. The van der Waals surface area contributed by atoms with E-state index in [1.54, 1.807) is 12.1 Å². The number of fused-ring (bicyclic) bond motifs is 4. The van der Waals surface area contributed by atoms with Crippen molar-refractivity contribution in [1.29, 1.82) is 0 Å². The van der Waals surface area contributed by atoms with Crippen molar-refractivity contribution in [3.05, 3.63) is 88.1 Å². The second-order valence-corrected chi connectivity index (χ2v) is 17.0.